The maximum atomic E-state index is 11.0. The third-order valence-corrected chi connectivity index (χ3v) is 4.04. The standard InChI is InChI=1S/C14H14N2O2S/c17-14(18)10-5-6-15-13(8-10)16(11-3-4-11)9-12-2-1-7-19-12/h1-2,5-8,11H,3-4,9H2,(H,17,18). The van der Waals surface area contributed by atoms with Gasteiger partial charge in [0.2, 0.25) is 0 Å². The predicted octanol–water partition coefficient (Wildman–Crippen LogP) is 3.01. The Morgan fingerprint density at radius 1 is 1.47 bits per heavy atom. The number of hydrogen-bond acceptors (Lipinski definition) is 4. The van der Waals surface area contributed by atoms with Crippen molar-refractivity contribution in [3.63, 3.8) is 0 Å². The topological polar surface area (TPSA) is 53.4 Å². The molecule has 98 valence electrons. The van der Waals surface area contributed by atoms with Crippen molar-refractivity contribution in [2.24, 2.45) is 0 Å². The monoisotopic (exact) mass is 274 g/mol. The van der Waals surface area contributed by atoms with Gasteiger partial charge < -0.3 is 10.0 Å². The van der Waals surface area contributed by atoms with Gasteiger partial charge in [-0.15, -0.1) is 11.3 Å². The summed E-state index contributed by atoms with van der Waals surface area (Å²) in [6.45, 7) is 0.804. The van der Waals surface area contributed by atoms with Crippen LogP contribution in [0.15, 0.2) is 35.8 Å². The van der Waals surface area contributed by atoms with Crippen molar-refractivity contribution >= 4 is 23.1 Å². The fourth-order valence-electron chi connectivity index (χ4n) is 2.06. The van der Waals surface area contributed by atoms with Crippen LogP contribution in [0.4, 0.5) is 5.82 Å². The van der Waals surface area contributed by atoms with Crippen molar-refractivity contribution in [3.05, 3.63) is 46.3 Å². The quantitative estimate of drug-likeness (QED) is 0.910. The number of carbonyl (C=O) groups is 1. The molecule has 0 unspecified atom stereocenters. The van der Waals surface area contributed by atoms with Crippen molar-refractivity contribution in [1.29, 1.82) is 0 Å². The molecule has 1 saturated carbocycles. The van der Waals surface area contributed by atoms with Crippen LogP contribution >= 0.6 is 11.3 Å². The molecule has 3 rings (SSSR count). The molecular weight excluding hydrogens is 260 g/mol. The van der Waals surface area contributed by atoms with E-state index in [-0.39, 0.29) is 0 Å². The molecule has 1 N–H and O–H groups in total. The number of pyridine rings is 1. The zero-order valence-corrected chi connectivity index (χ0v) is 11.1. The van der Waals surface area contributed by atoms with E-state index in [1.807, 2.05) is 6.07 Å². The molecule has 4 nitrogen and oxygen atoms in total. The van der Waals surface area contributed by atoms with Gasteiger partial charge in [0.15, 0.2) is 0 Å². The number of thiophene rings is 1. The Morgan fingerprint density at radius 2 is 2.32 bits per heavy atom. The first-order valence-corrected chi connectivity index (χ1v) is 7.10. The van der Waals surface area contributed by atoms with Crippen molar-refractivity contribution in [3.8, 4) is 0 Å². The molecule has 1 fully saturated rings. The number of rotatable bonds is 5. The van der Waals surface area contributed by atoms with E-state index < -0.39 is 5.97 Å². The predicted molar refractivity (Wildman–Crippen MR) is 74.7 cm³/mol. The normalized spacial score (nSPS) is 14.3. The molecule has 2 heterocycles. The average molecular weight is 274 g/mol. The summed E-state index contributed by atoms with van der Waals surface area (Å²) in [5.41, 5.74) is 0.293. The highest BCUT2D eigenvalue weighted by Gasteiger charge is 2.30. The molecule has 1 aliphatic rings. The Kier molecular flexibility index (Phi) is 3.21. The minimum Gasteiger partial charge on any atom is -0.478 e. The summed E-state index contributed by atoms with van der Waals surface area (Å²) < 4.78 is 0. The Balaban J connectivity index is 1.87. The summed E-state index contributed by atoms with van der Waals surface area (Å²) in [6, 6.07) is 7.82. The van der Waals surface area contributed by atoms with Crippen LogP contribution in [0.25, 0.3) is 0 Å². The maximum Gasteiger partial charge on any atom is 0.335 e. The van der Waals surface area contributed by atoms with Gasteiger partial charge in [0, 0.05) is 17.1 Å². The fourth-order valence-corrected chi connectivity index (χ4v) is 2.76. The van der Waals surface area contributed by atoms with E-state index in [9.17, 15) is 4.79 Å². The van der Waals surface area contributed by atoms with Crippen molar-refractivity contribution in [1.82, 2.24) is 4.98 Å². The molecule has 0 bridgehead atoms. The molecule has 5 heteroatoms. The van der Waals surface area contributed by atoms with Gasteiger partial charge >= 0.3 is 5.97 Å². The molecule has 2 aromatic rings. The summed E-state index contributed by atoms with van der Waals surface area (Å²) in [6.07, 6.45) is 3.89. The zero-order valence-electron chi connectivity index (χ0n) is 10.3. The smallest absolute Gasteiger partial charge is 0.335 e. The molecule has 0 spiro atoms. The first-order chi connectivity index (χ1) is 9.24. The zero-order chi connectivity index (χ0) is 13.2. The average Bonchev–Trinajstić information content (AvgIpc) is 3.13. The van der Waals surface area contributed by atoms with Gasteiger partial charge in [0.05, 0.1) is 12.1 Å². The lowest BCUT2D eigenvalue weighted by molar-refractivity contribution is 0.0697. The number of aromatic nitrogens is 1. The van der Waals surface area contributed by atoms with E-state index in [2.05, 4.69) is 21.3 Å². The van der Waals surface area contributed by atoms with E-state index in [1.54, 1.807) is 23.6 Å². The van der Waals surface area contributed by atoms with E-state index in [1.165, 1.54) is 10.9 Å². The molecule has 0 saturated heterocycles. The van der Waals surface area contributed by atoms with E-state index in [0.29, 0.717) is 11.6 Å². The van der Waals surface area contributed by atoms with Gasteiger partial charge in [-0.1, -0.05) is 6.07 Å². The summed E-state index contributed by atoms with van der Waals surface area (Å²) in [7, 11) is 0. The second-order valence-electron chi connectivity index (χ2n) is 4.65. The molecule has 0 radical (unpaired) electrons. The number of aromatic carboxylic acids is 1. The van der Waals surface area contributed by atoms with Crippen molar-refractivity contribution in [2.75, 3.05) is 4.90 Å². The summed E-state index contributed by atoms with van der Waals surface area (Å²) in [4.78, 5) is 18.8. The van der Waals surface area contributed by atoms with Crippen LogP contribution in [-0.2, 0) is 6.54 Å². The molecular formula is C14H14N2O2S. The van der Waals surface area contributed by atoms with E-state index in [4.69, 9.17) is 5.11 Å². The minimum absolute atomic E-state index is 0.293. The second-order valence-corrected chi connectivity index (χ2v) is 5.68. The molecule has 19 heavy (non-hydrogen) atoms. The Labute approximate surface area is 115 Å². The maximum absolute atomic E-state index is 11.0. The number of carboxylic acids is 1. The van der Waals surface area contributed by atoms with Gasteiger partial charge in [-0.2, -0.15) is 0 Å². The second kappa shape index (κ2) is 5.01. The Hall–Kier alpha value is -1.88. The largest absolute Gasteiger partial charge is 0.478 e. The minimum atomic E-state index is -0.907. The first kappa shape index (κ1) is 12.2. The molecule has 2 aromatic heterocycles. The van der Waals surface area contributed by atoms with Crippen LogP contribution in [0.3, 0.4) is 0 Å². The van der Waals surface area contributed by atoms with Crippen LogP contribution in [0.5, 0.6) is 0 Å². The highest BCUT2D eigenvalue weighted by atomic mass is 32.1. The van der Waals surface area contributed by atoms with Crippen LogP contribution in [0.2, 0.25) is 0 Å². The number of anilines is 1. The van der Waals surface area contributed by atoms with Gasteiger partial charge in [-0.3, -0.25) is 0 Å². The van der Waals surface area contributed by atoms with Crippen LogP contribution in [0.1, 0.15) is 28.1 Å². The lowest BCUT2D eigenvalue weighted by Gasteiger charge is -2.23. The molecule has 0 amide bonds. The number of hydrogen-bond donors (Lipinski definition) is 1. The van der Waals surface area contributed by atoms with Gasteiger partial charge in [0.1, 0.15) is 5.82 Å². The number of nitrogens with zero attached hydrogens (tertiary/aromatic N) is 2. The third-order valence-electron chi connectivity index (χ3n) is 3.18. The van der Waals surface area contributed by atoms with Gasteiger partial charge in [-0.05, 0) is 36.4 Å². The van der Waals surface area contributed by atoms with E-state index in [0.717, 1.165) is 25.2 Å². The number of carboxylic acid groups (broad SMARTS) is 1. The highest BCUT2D eigenvalue weighted by Crippen LogP contribution is 2.32. The fraction of sp³-hybridized carbons (Fsp3) is 0.286. The lowest BCUT2D eigenvalue weighted by Crippen LogP contribution is -2.25. The van der Waals surface area contributed by atoms with Crippen LogP contribution in [-0.4, -0.2) is 22.1 Å². The summed E-state index contributed by atoms with van der Waals surface area (Å²) in [5.74, 6) is -0.147. The van der Waals surface area contributed by atoms with E-state index >= 15 is 0 Å². The lowest BCUT2D eigenvalue weighted by atomic mass is 10.2. The van der Waals surface area contributed by atoms with Crippen molar-refractivity contribution in [2.45, 2.75) is 25.4 Å². The summed E-state index contributed by atoms with van der Waals surface area (Å²) in [5, 5.41) is 11.1. The molecule has 0 aromatic carbocycles. The van der Waals surface area contributed by atoms with Crippen LogP contribution < -0.4 is 4.90 Å². The first-order valence-electron chi connectivity index (χ1n) is 6.22. The highest BCUT2D eigenvalue weighted by molar-refractivity contribution is 7.09. The van der Waals surface area contributed by atoms with Gasteiger partial charge in [-0.25, -0.2) is 9.78 Å². The van der Waals surface area contributed by atoms with Crippen LogP contribution in [0, 0.1) is 0 Å². The Morgan fingerprint density at radius 3 is 2.95 bits per heavy atom. The van der Waals surface area contributed by atoms with Gasteiger partial charge in [0.25, 0.3) is 0 Å². The third kappa shape index (κ3) is 2.76. The molecule has 0 atom stereocenters. The van der Waals surface area contributed by atoms with Crippen molar-refractivity contribution < 1.29 is 9.90 Å². The molecule has 0 aliphatic heterocycles. The summed E-state index contributed by atoms with van der Waals surface area (Å²) >= 11 is 1.72. The SMILES string of the molecule is O=C(O)c1ccnc(N(Cc2cccs2)C2CC2)c1. The Bertz CT molecular complexity index is 579. The molecule has 1 aliphatic carbocycles.